The van der Waals surface area contributed by atoms with E-state index in [1.54, 1.807) is 47.5 Å². The van der Waals surface area contributed by atoms with Crippen LogP contribution < -0.4 is 5.56 Å². The van der Waals surface area contributed by atoms with E-state index in [0.717, 1.165) is 11.1 Å². The zero-order valence-electron chi connectivity index (χ0n) is 13.6. The van der Waals surface area contributed by atoms with Crippen LogP contribution in [0.4, 0.5) is 4.39 Å². The lowest BCUT2D eigenvalue weighted by Crippen LogP contribution is -2.09. The number of H-pyrrole nitrogens is 1. The smallest absolute Gasteiger partial charge is 0.259 e. The number of hydrogen-bond acceptors (Lipinski definition) is 4. The monoisotopic (exact) mass is 347 g/mol. The number of nitrogens with zero attached hydrogens (tertiary/aromatic N) is 4. The highest BCUT2D eigenvalue weighted by Gasteiger charge is 2.02. The molecule has 0 saturated heterocycles. The minimum Gasteiger partial charge on any atom is -0.306 e. The third kappa shape index (κ3) is 3.41. The van der Waals surface area contributed by atoms with Crippen LogP contribution in [-0.4, -0.2) is 24.7 Å². The Morgan fingerprint density at radius 3 is 2.81 bits per heavy atom. The Morgan fingerprint density at radius 2 is 1.96 bits per heavy atom. The van der Waals surface area contributed by atoms with E-state index in [9.17, 15) is 9.18 Å². The van der Waals surface area contributed by atoms with Gasteiger partial charge in [0.25, 0.3) is 5.56 Å². The lowest BCUT2D eigenvalue weighted by Gasteiger charge is -2.01. The first-order valence-electron chi connectivity index (χ1n) is 7.96. The van der Waals surface area contributed by atoms with Crippen molar-refractivity contribution in [3.8, 4) is 0 Å². The van der Waals surface area contributed by atoms with Gasteiger partial charge in [0.1, 0.15) is 11.6 Å². The molecule has 0 aliphatic carbocycles. The van der Waals surface area contributed by atoms with Crippen molar-refractivity contribution < 1.29 is 4.39 Å². The van der Waals surface area contributed by atoms with E-state index in [2.05, 4.69) is 20.1 Å². The molecule has 0 unspecified atom stereocenters. The fourth-order valence-corrected chi connectivity index (χ4v) is 2.59. The molecule has 0 saturated carbocycles. The maximum absolute atomic E-state index is 13.0. The van der Waals surface area contributed by atoms with Gasteiger partial charge >= 0.3 is 0 Å². The minimum atomic E-state index is -0.259. The van der Waals surface area contributed by atoms with Crippen molar-refractivity contribution in [1.29, 1.82) is 0 Å². The highest BCUT2D eigenvalue weighted by molar-refractivity contribution is 5.77. The number of halogens is 1. The van der Waals surface area contributed by atoms with Crippen LogP contribution in [0.25, 0.3) is 23.1 Å². The topological polar surface area (TPSA) is 76.5 Å². The minimum absolute atomic E-state index is 0.205. The third-order valence-corrected chi connectivity index (χ3v) is 3.87. The molecule has 1 aromatic carbocycles. The fraction of sp³-hybridized carbons (Fsp3) is 0.0526. The van der Waals surface area contributed by atoms with Crippen LogP contribution in [0.15, 0.2) is 59.9 Å². The molecule has 4 rings (SSSR count). The molecule has 6 nitrogen and oxygen atoms in total. The van der Waals surface area contributed by atoms with Gasteiger partial charge in [0.2, 0.25) is 0 Å². The van der Waals surface area contributed by atoms with E-state index in [-0.39, 0.29) is 11.4 Å². The van der Waals surface area contributed by atoms with Crippen molar-refractivity contribution in [3.05, 3.63) is 88.2 Å². The maximum Gasteiger partial charge on any atom is 0.259 e. The summed E-state index contributed by atoms with van der Waals surface area (Å²) < 4.78 is 14.7. The number of hydrogen-bond donors (Lipinski definition) is 1. The van der Waals surface area contributed by atoms with Crippen LogP contribution >= 0.6 is 0 Å². The predicted octanol–water partition coefficient (Wildman–Crippen LogP) is 2.87. The molecule has 0 bridgehead atoms. The summed E-state index contributed by atoms with van der Waals surface area (Å²) in [5.74, 6) is 0.187. The molecular weight excluding hydrogens is 333 g/mol. The first-order valence-corrected chi connectivity index (χ1v) is 7.96. The SMILES string of the molecule is O=c1[nH]c(C=Cc2cnn(Cc3ccc(F)cc3)c2)nc2cnccc12. The Hall–Kier alpha value is -3.61. The van der Waals surface area contributed by atoms with Gasteiger partial charge in [-0.15, -0.1) is 0 Å². The average Bonchev–Trinajstić information content (AvgIpc) is 3.09. The van der Waals surface area contributed by atoms with E-state index >= 15 is 0 Å². The Morgan fingerprint density at radius 1 is 1.12 bits per heavy atom. The van der Waals surface area contributed by atoms with Gasteiger partial charge in [-0.3, -0.25) is 14.5 Å². The molecule has 0 aliphatic rings. The van der Waals surface area contributed by atoms with Crippen molar-refractivity contribution in [2.75, 3.05) is 0 Å². The molecule has 0 spiro atoms. The molecule has 0 amide bonds. The van der Waals surface area contributed by atoms with E-state index in [1.165, 1.54) is 12.1 Å². The lowest BCUT2D eigenvalue weighted by molar-refractivity contribution is 0.624. The Bertz CT molecular complexity index is 1140. The van der Waals surface area contributed by atoms with Crippen LogP contribution in [0.2, 0.25) is 0 Å². The van der Waals surface area contributed by atoms with Gasteiger partial charge in [0.05, 0.1) is 29.8 Å². The Balaban J connectivity index is 1.53. The summed E-state index contributed by atoms with van der Waals surface area (Å²) in [6.07, 6.45) is 10.2. The Labute approximate surface area is 147 Å². The van der Waals surface area contributed by atoms with Crippen molar-refractivity contribution in [2.24, 2.45) is 0 Å². The number of benzene rings is 1. The summed E-state index contributed by atoms with van der Waals surface area (Å²) >= 11 is 0. The van der Waals surface area contributed by atoms with E-state index in [0.29, 0.717) is 23.3 Å². The van der Waals surface area contributed by atoms with Crippen molar-refractivity contribution in [3.63, 3.8) is 0 Å². The van der Waals surface area contributed by atoms with Gasteiger partial charge in [-0.05, 0) is 35.9 Å². The molecule has 0 fully saturated rings. The second-order valence-electron chi connectivity index (χ2n) is 5.78. The third-order valence-electron chi connectivity index (χ3n) is 3.87. The molecule has 0 radical (unpaired) electrons. The molecular formula is C19H14FN5O. The fourth-order valence-electron chi connectivity index (χ4n) is 2.59. The second kappa shape index (κ2) is 6.72. The van der Waals surface area contributed by atoms with Gasteiger partial charge in [-0.2, -0.15) is 5.10 Å². The summed E-state index contributed by atoms with van der Waals surface area (Å²) in [5.41, 5.74) is 2.16. The van der Waals surface area contributed by atoms with Crippen LogP contribution in [0.5, 0.6) is 0 Å². The highest BCUT2D eigenvalue weighted by Crippen LogP contribution is 2.09. The van der Waals surface area contributed by atoms with Gasteiger partial charge in [0, 0.05) is 18.0 Å². The number of pyridine rings is 1. The predicted molar refractivity (Wildman–Crippen MR) is 96.8 cm³/mol. The van der Waals surface area contributed by atoms with E-state index < -0.39 is 0 Å². The summed E-state index contributed by atoms with van der Waals surface area (Å²) in [7, 11) is 0. The van der Waals surface area contributed by atoms with E-state index in [1.807, 2.05) is 12.3 Å². The summed E-state index contributed by atoms with van der Waals surface area (Å²) in [5, 5.41) is 4.79. The Kier molecular flexibility index (Phi) is 4.10. The summed E-state index contributed by atoms with van der Waals surface area (Å²) in [4.78, 5) is 23.1. The molecule has 128 valence electrons. The summed E-state index contributed by atoms with van der Waals surface area (Å²) in [6.45, 7) is 0.546. The number of rotatable bonds is 4. The molecule has 26 heavy (non-hydrogen) atoms. The lowest BCUT2D eigenvalue weighted by atomic mass is 10.2. The first-order chi connectivity index (χ1) is 12.7. The van der Waals surface area contributed by atoms with Crippen LogP contribution in [0, 0.1) is 5.82 Å². The van der Waals surface area contributed by atoms with Crippen LogP contribution in [0.3, 0.4) is 0 Å². The van der Waals surface area contributed by atoms with Crippen molar-refractivity contribution in [1.82, 2.24) is 24.7 Å². The molecule has 3 aromatic heterocycles. The second-order valence-corrected chi connectivity index (χ2v) is 5.78. The first kappa shape index (κ1) is 15.9. The maximum atomic E-state index is 13.0. The molecule has 3 heterocycles. The molecule has 4 aromatic rings. The molecule has 1 N–H and O–H groups in total. The van der Waals surface area contributed by atoms with E-state index in [4.69, 9.17) is 0 Å². The van der Waals surface area contributed by atoms with Gasteiger partial charge in [0.15, 0.2) is 0 Å². The van der Waals surface area contributed by atoms with Crippen molar-refractivity contribution in [2.45, 2.75) is 6.54 Å². The number of aromatic nitrogens is 5. The quantitative estimate of drug-likeness (QED) is 0.616. The zero-order valence-corrected chi connectivity index (χ0v) is 13.6. The zero-order chi connectivity index (χ0) is 17.9. The van der Waals surface area contributed by atoms with Gasteiger partial charge in [-0.25, -0.2) is 9.37 Å². The standard InChI is InChI=1S/C19H14FN5O/c20-15-4-1-13(2-5-15)11-25-12-14(9-22-25)3-6-18-23-17-10-21-8-7-16(17)19(26)24-18/h1-10,12H,11H2,(H,23,24,26). The summed E-state index contributed by atoms with van der Waals surface area (Å²) in [6, 6.07) is 7.94. The molecule has 0 atom stereocenters. The van der Waals surface area contributed by atoms with Gasteiger partial charge in [-0.1, -0.05) is 12.1 Å². The van der Waals surface area contributed by atoms with Crippen molar-refractivity contribution >= 4 is 23.1 Å². The average molecular weight is 347 g/mol. The number of fused-ring (bicyclic) bond motifs is 1. The largest absolute Gasteiger partial charge is 0.306 e. The van der Waals surface area contributed by atoms with Crippen LogP contribution in [0.1, 0.15) is 17.0 Å². The normalized spacial score (nSPS) is 11.4. The number of nitrogens with one attached hydrogen (secondary N) is 1. The molecule has 0 aliphatic heterocycles. The van der Waals surface area contributed by atoms with Gasteiger partial charge < -0.3 is 4.98 Å². The number of aromatic amines is 1. The molecule has 7 heteroatoms. The van der Waals surface area contributed by atoms with Crippen LogP contribution in [-0.2, 0) is 6.54 Å². The highest BCUT2D eigenvalue weighted by atomic mass is 19.1.